The molecule has 0 saturated carbocycles. The van der Waals surface area contributed by atoms with Crippen LogP contribution in [0.15, 0.2) is 0 Å². The number of hydrogen-bond donors (Lipinski definition) is 1. The molecule has 0 radical (unpaired) electrons. The molecule has 0 bridgehead atoms. The highest BCUT2D eigenvalue weighted by Crippen LogP contribution is 2.04. The Morgan fingerprint density at radius 3 is 1.89 bits per heavy atom. The van der Waals surface area contributed by atoms with Gasteiger partial charge in [-0.15, -0.1) is 0 Å². The summed E-state index contributed by atoms with van der Waals surface area (Å²) in [6.45, 7) is 3.15. The van der Waals surface area contributed by atoms with Crippen molar-refractivity contribution in [3.63, 3.8) is 0 Å². The molecular formula is C5H10F2O2. The summed E-state index contributed by atoms with van der Waals surface area (Å²) in [5.41, 5.74) is 0. The van der Waals surface area contributed by atoms with Crippen LogP contribution in [0.4, 0.5) is 8.78 Å². The molecule has 1 unspecified atom stereocenters. The molecule has 0 saturated heterocycles. The van der Waals surface area contributed by atoms with Gasteiger partial charge in [0, 0.05) is 0 Å². The molecule has 1 atom stereocenters. The van der Waals surface area contributed by atoms with Crippen LogP contribution in [0.1, 0.15) is 13.8 Å². The van der Waals surface area contributed by atoms with E-state index in [-0.39, 0.29) is 6.10 Å². The minimum absolute atomic E-state index is 0.367. The second kappa shape index (κ2) is 3.74. The fraction of sp³-hybridized carbons (Fsp3) is 1.00. The summed E-state index contributed by atoms with van der Waals surface area (Å²) in [5.74, 6) is 0. The summed E-state index contributed by atoms with van der Waals surface area (Å²) in [6.07, 6.45) is -5.12. The van der Waals surface area contributed by atoms with E-state index in [1.807, 2.05) is 0 Å². The molecule has 0 rings (SSSR count). The third-order valence-corrected chi connectivity index (χ3v) is 0.627. The van der Waals surface area contributed by atoms with Crippen LogP contribution in [0, 0.1) is 0 Å². The monoisotopic (exact) mass is 140 g/mol. The second-order valence-electron chi connectivity index (χ2n) is 1.91. The second-order valence-corrected chi connectivity index (χ2v) is 1.91. The van der Waals surface area contributed by atoms with E-state index in [1.54, 1.807) is 13.8 Å². The van der Waals surface area contributed by atoms with Crippen LogP contribution in [0.25, 0.3) is 0 Å². The predicted molar refractivity (Wildman–Crippen MR) is 28.2 cm³/mol. The quantitative estimate of drug-likeness (QED) is 0.592. The van der Waals surface area contributed by atoms with Gasteiger partial charge in [-0.3, -0.25) is 0 Å². The molecular weight excluding hydrogens is 130 g/mol. The molecule has 0 fully saturated rings. The van der Waals surface area contributed by atoms with E-state index in [4.69, 9.17) is 5.11 Å². The van der Waals surface area contributed by atoms with Crippen LogP contribution in [0.2, 0.25) is 0 Å². The lowest BCUT2D eigenvalue weighted by atomic mass is 10.5. The van der Waals surface area contributed by atoms with Crippen LogP contribution < -0.4 is 0 Å². The van der Waals surface area contributed by atoms with Crippen molar-refractivity contribution >= 4 is 0 Å². The van der Waals surface area contributed by atoms with E-state index < -0.39 is 12.7 Å². The van der Waals surface area contributed by atoms with Gasteiger partial charge in [-0.25, -0.2) is 8.78 Å². The van der Waals surface area contributed by atoms with Gasteiger partial charge in [-0.2, -0.15) is 0 Å². The maximum Gasteiger partial charge on any atom is 0.288 e. The molecule has 0 aromatic heterocycles. The molecule has 4 heteroatoms. The van der Waals surface area contributed by atoms with Crippen molar-refractivity contribution in [3.05, 3.63) is 0 Å². The molecule has 9 heavy (non-hydrogen) atoms. The Bertz CT molecular complexity index is 75.4. The van der Waals surface area contributed by atoms with Gasteiger partial charge in [0.1, 0.15) is 0 Å². The average molecular weight is 140 g/mol. The normalized spacial score (nSPS) is 15.0. The van der Waals surface area contributed by atoms with E-state index in [9.17, 15) is 8.78 Å². The van der Waals surface area contributed by atoms with E-state index in [0.29, 0.717) is 0 Å². The van der Waals surface area contributed by atoms with Crippen LogP contribution in [-0.2, 0) is 4.74 Å². The maximum atomic E-state index is 11.4. The van der Waals surface area contributed by atoms with Gasteiger partial charge < -0.3 is 9.84 Å². The number of alkyl halides is 2. The first kappa shape index (κ1) is 8.78. The van der Waals surface area contributed by atoms with Crippen LogP contribution >= 0.6 is 0 Å². The highest BCUT2D eigenvalue weighted by atomic mass is 19.3. The zero-order chi connectivity index (χ0) is 7.44. The maximum absolute atomic E-state index is 11.4. The summed E-state index contributed by atoms with van der Waals surface area (Å²) in [4.78, 5) is 0. The predicted octanol–water partition coefficient (Wildman–Crippen LogP) is 0.995. The van der Waals surface area contributed by atoms with Crippen molar-refractivity contribution in [3.8, 4) is 0 Å². The number of aliphatic hydroxyl groups is 1. The van der Waals surface area contributed by atoms with Crippen molar-refractivity contribution < 1.29 is 18.6 Å². The lowest BCUT2D eigenvalue weighted by Crippen LogP contribution is -2.24. The lowest BCUT2D eigenvalue weighted by Gasteiger charge is -2.12. The molecule has 0 aliphatic rings. The minimum atomic E-state index is -2.81. The number of hydrogen-bond acceptors (Lipinski definition) is 2. The van der Waals surface area contributed by atoms with Crippen molar-refractivity contribution in [1.29, 1.82) is 0 Å². The molecule has 0 spiro atoms. The smallest absolute Gasteiger partial charge is 0.288 e. The standard InChI is InChI=1S/C5H10F2O2/c1-3(2)9-5(8)4(6)7/h3-5,8H,1-2H3. The Morgan fingerprint density at radius 1 is 1.33 bits per heavy atom. The Kier molecular flexibility index (Phi) is 3.65. The van der Waals surface area contributed by atoms with Crippen molar-refractivity contribution in [2.45, 2.75) is 32.7 Å². The zero-order valence-corrected chi connectivity index (χ0v) is 5.34. The van der Waals surface area contributed by atoms with E-state index in [2.05, 4.69) is 4.74 Å². The van der Waals surface area contributed by atoms with Gasteiger partial charge in [0.2, 0.25) is 6.29 Å². The van der Waals surface area contributed by atoms with Crippen LogP contribution in [0.3, 0.4) is 0 Å². The Hall–Kier alpha value is -0.220. The number of ether oxygens (including phenoxy) is 1. The molecule has 0 aliphatic heterocycles. The summed E-state index contributed by atoms with van der Waals surface area (Å²) < 4.78 is 27.1. The van der Waals surface area contributed by atoms with Crippen molar-refractivity contribution in [1.82, 2.24) is 0 Å². The number of aliphatic hydroxyl groups excluding tert-OH is 1. The summed E-state index contributed by atoms with van der Waals surface area (Å²) in [7, 11) is 0. The molecule has 0 aromatic carbocycles. The molecule has 2 nitrogen and oxygen atoms in total. The molecule has 56 valence electrons. The third kappa shape index (κ3) is 4.29. The summed E-state index contributed by atoms with van der Waals surface area (Å²) in [5, 5.41) is 8.32. The number of halogens is 2. The molecule has 0 aromatic rings. The van der Waals surface area contributed by atoms with Crippen molar-refractivity contribution in [2.24, 2.45) is 0 Å². The highest BCUT2D eigenvalue weighted by molar-refractivity contribution is 4.44. The lowest BCUT2D eigenvalue weighted by molar-refractivity contribution is -0.192. The molecule has 0 aliphatic carbocycles. The van der Waals surface area contributed by atoms with Crippen LogP contribution in [0.5, 0.6) is 0 Å². The van der Waals surface area contributed by atoms with E-state index in [0.717, 1.165) is 0 Å². The van der Waals surface area contributed by atoms with Crippen molar-refractivity contribution in [2.75, 3.05) is 0 Å². The van der Waals surface area contributed by atoms with Crippen LogP contribution in [-0.4, -0.2) is 23.9 Å². The van der Waals surface area contributed by atoms with Gasteiger partial charge in [-0.05, 0) is 13.8 Å². The topological polar surface area (TPSA) is 29.5 Å². The SMILES string of the molecule is CC(C)OC(O)C(F)F. The summed E-state index contributed by atoms with van der Waals surface area (Å²) in [6, 6.07) is 0. The zero-order valence-electron chi connectivity index (χ0n) is 5.34. The van der Waals surface area contributed by atoms with Gasteiger partial charge in [0.15, 0.2) is 0 Å². The Morgan fingerprint density at radius 2 is 1.78 bits per heavy atom. The first-order valence-electron chi connectivity index (χ1n) is 2.65. The number of rotatable bonds is 3. The van der Waals surface area contributed by atoms with Gasteiger partial charge in [-0.1, -0.05) is 0 Å². The minimum Gasteiger partial charge on any atom is -0.363 e. The molecule has 1 N–H and O–H groups in total. The highest BCUT2D eigenvalue weighted by Gasteiger charge is 2.17. The Balaban J connectivity index is 3.38. The molecule has 0 amide bonds. The first-order valence-corrected chi connectivity index (χ1v) is 2.65. The van der Waals surface area contributed by atoms with Gasteiger partial charge in [0.05, 0.1) is 6.10 Å². The largest absolute Gasteiger partial charge is 0.363 e. The molecule has 0 heterocycles. The van der Waals surface area contributed by atoms with Gasteiger partial charge in [0.25, 0.3) is 6.43 Å². The summed E-state index contributed by atoms with van der Waals surface area (Å²) >= 11 is 0. The fourth-order valence-corrected chi connectivity index (χ4v) is 0.338. The van der Waals surface area contributed by atoms with E-state index >= 15 is 0 Å². The fourth-order valence-electron chi connectivity index (χ4n) is 0.338. The third-order valence-electron chi connectivity index (χ3n) is 0.627. The first-order chi connectivity index (χ1) is 4.04. The van der Waals surface area contributed by atoms with Gasteiger partial charge >= 0.3 is 0 Å². The van der Waals surface area contributed by atoms with E-state index in [1.165, 1.54) is 0 Å². The average Bonchev–Trinajstić information content (AvgIpc) is 1.63. The Labute approximate surface area is 52.4 Å².